The topological polar surface area (TPSA) is 128 Å². The maximum atomic E-state index is 11.9. The van der Waals surface area contributed by atoms with Gasteiger partial charge in [-0.2, -0.15) is 5.10 Å². The average molecular weight is 349 g/mol. The van der Waals surface area contributed by atoms with E-state index in [2.05, 4.69) is 10.5 Å². The molecule has 0 spiro atoms. The minimum absolute atomic E-state index is 0.162. The van der Waals surface area contributed by atoms with Crippen molar-refractivity contribution >= 4 is 35.1 Å². The molecular weight excluding hydrogens is 340 g/mol. The summed E-state index contributed by atoms with van der Waals surface area (Å²) in [6.45, 7) is 0. The number of rotatable bonds is 5. The molecule has 0 aliphatic carbocycles. The molecule has 2 aromatic rings. The number of hydrogen-bond donors (Lipinski definition) is 1. The zero-order chi connectivity index (χ0) is 17.7. The van der Waals surface area contributed by atoms with Crippen LogP contribution in [0.25, 0.3) is 0 Å². The monoisotopic (exact) mass is 348 g/mol. The highest BCUT2D eigenvalue weighted by molar-refractivity contribution is 6.33. The molecule has 0 saturated carbocycles. The Morgan fingerprint density at radius 1 is 1.12 bits per heavy atom. The normalized spacial score (nSPS) is 10.5. The summed E-state index contributed by atoms with van der Waals surface area (Å²) >= 11 is 5.88. The van der Waals surface area contributed by atoms with Gasteiger partial charge >= 0.3 is 0 Å². The molecule has 0 atom stereocenters. The molecule has 1 N–H and O–H groups in total. The number of non-ortho nitro benzene ring substituents is 1. The van der Waals surface area contributed by atoms with Crippen LogP contribution < -0.4 is 5.43 Å². The molecule has 1 amide bonds. The third-order valence-corrected chi connectivity index (χ3v) is 3.25. The van der Waals surface area contributed by atoms with E-state index in [4.69, 9.17) is 11.6 Å². The van der Waals surface area contributed by atoms with Crippen LogP contribution in [0.15, 0.2) is 47.6 Å². The summed E-state index contributed by atoms with van der Waals surface area (Å²) in [6, 6.07) is 9.11. The molecule has 0 fully saturated rings. The van der Waals surface area contributed by atoms with Gasteiger partial charge in [-0.1, -0.05) is 23.7 Å². The van der Waals surface area contributed by atoms with Gasteiger partial charge in [0.15, 0.2) is 0 Å². The van der Waals surface area contributed by atoms with Gasteiger partial charge in [-0.3, -0.25) is 25.0 Å². The number of hydrogen-bond acceptors (Lipinski definition) is 6. The van der Waals surface area contributed by atoms with Gasteiger partial charge in [0.25, 0.3) is 17.3 Å². The lowest BCUT2D eigenvalue weighted by Crippen LogP contribution is -2.19. The van der Waals surface area contributed by atoms with Crippen molar-refractivity contribution in [3.8, 4) is 0 Å². The number of nitro groups is 2. The first-order valence-corrected chi connectivity index (χ1v) is 6.78. The third kappa shape index (κ3) is 3.90. The Bertz CT molecular complexity index is 853. The van der Waals surface area contributed by atoms with Crippen molar-refractivity contribution in [1.82, 2.24) is 5.43 Å². The quantitative estimate of drug-likeness (QED) is 0.504. The largest absolute Gasteiger partial charge is 0.282 e. The highest BCUT2D eigenvalue weighted by Crippen LogP contribution is 2.20. The molecule has 0 heterocycles. The van der Waals surface area contributed by atoms with Crippen molar-refractivity contribution in [3.63, 3.8) is 0 Å². The molecule has 9 nitrogen and oxygen atoms in total. The summed E-state index contributed by atoms with van der Waals surface area (Å²) in [7, 11) is 0. The second-order valence-corrected chi connectivity index (χ2v) is 4.84. The van der Waals surface area contributed by atoms with Crippen LogP contribution in [0.3, 0.4) is 0 Å². The van der Waals surface area contributed by atoms with Crippen molar-refractivity contribution in [2.45, 2.75) is 0 Å². The Morgan fingerprint density at radius 3 is 2.50 bits per heavy atom. The van der Waals surface area contributed by atoms with Gasteiger partial charge in [0.1, 0.15) is 5.56 Å². The van der Waals surface area contributed by atoms with E-state index in [0.29, 0.717) is 0 Å². The summed E-state index contributed by atoms with van der Waals surface area (Å²) in [6.07, 6.45) is 1.11. The zero-order valence-corrected chi connectivity index (χ0v) is 12.6. The Morgan fingerprint density at radius 2 is 1.83 bits per heavy atom. The van der Waals surface area contributed by atoms with Gasteiger partial charge in [0.2, 0.25) is 0 Å². The molecular formula is C14H9ClN4O5. The van der Waals surface area contributed by atoms with Gasteiger partial charge in [-0.25, -0.2) is 5.43 Å². The van der Waals surface area contributed by atoms with Crippen LogP contribution in [0.4, 0.5) is 11.4 Å². The number of nitro benzene ring substituents is 2. The standard InChI is InChI=1S/C14H9ClN4O5/c15-12-6-5-10(18(21)22)7-9(12)8-16-17-14(20)11-3-1-2-4-13(11)19(23)24/h1-8H,(H,17,20). The van der Waals surface area contributed by atoms with E-state index in [-0.39, 0.29) is 27.5 Å². The molecule has 122 valence electrons. The minimum atomic E-state index is -0.792. The van der Waals surface area contributed by atoms with E-state index in [0.717, 1.165) is 6.21 Å². The Hall–Kier alpha value is -3.33. The molecule has 0 unspecified atom stereocenters. The fraction of sp³-hybridized carbons (Fsp3) is 0. The van der Waals surface area contributed by atoms with Crippen LogP contribution in [0.2, 0.25) is 5.02 Å². The molecule has 0 aliphatic heterocycles. The molecule has 10 heteroatoms. The van der Waals surface area contributed by atoms with Crippen LogP contribution in [-0.2, 0) is 0 Å². The first kappa shape index (κ1) is 17.0. The smallest absolute Gasteiger partial charge is 0.267 e. The lowest BCUT2D eigenvalue weighted by atomic mass is 10.2. The summed E-state index contributed by atoms with van der Waals surface area (Å²) < 4.78 is 0. The van der Waals surface area contributed by atoms with E-state index >= 15 is 0 Å². The number of amides is 1. The van der Waals surface area contributed by atoms with Gasteiger partial charge in [-0.15, -0.1) is 0 Å². The second kappa shape index (κ2) is 7.29. The number of nitrogens with one attached hydrogen (secondary N) is 1. The number of carbonyl (C=O) groups is 1. The van der Waals surface area contributed by atoms with Crippen molar-refractivity contribution in [2.24, 2.45) is 5.10 Å². The molecule has 2 rings (SSSR count). The number of halogens is 1. The van der Waals surface area contributed by atoms with Crippen LogP contribution in [0.5, 0.6) is 0 Å². The predicted octanol–water partition coefficient (Wildman–Crippen LogP) is 2.92. The van der Waals surface area contributed by atoms with E-state index in [1.165, 1.54) is 42.5 Å². The highest BCUT2D eigenvalue weighted by Gasteiger charge is 2.18. The van der Waals surface area contributed by atoms with Gasteiger partial charge < -0.3 is 0 Å². The van der Waals surface area contributed by atoms with Crippen molar-refractivity contribution in [2.75, 3.05) is 0 Å². The number of hydrazone groups is 1. The fourth-order valence-electron chi connectivity index (χ4n) is 1.79. The van der Waals surface area contributed by atoms with Crippen LogP contribution >= 0.6 is 11.6 Å². The van der Waals surface area contributed by atoms with Crippen LogP contribution in [0, 0.1) is 20.2 Å². The molecule has 2 aromatic carbocycles. The average Bonchev–Trinajstić information content (AvgIpc) is 2.56. The molecule has 0 radical (unpaired) electrons. The van der Waals surface area contributed by atoms with Crippen molar-refractivity contribution in [3.05, 3.63) is 78.8 Å². The van der Waals surface area contributed by atoms with E-state index in [1.54, 1.807) is 0 Å². The number of benzene rings is 2. The van der Waals surface area contributed by atoms with Gasteiger partial charge in [-0.05, 0) is 12.1 Å². The predicted molar refractivity (Wildman–Crippen MR) is 86.3 cm³/mol. The number of carbonyl (C=O) groups excluding carboxylic acids is 1. The summed E-state index contributed by atoms with van der Waals surface area (Å²) in [5.74, 6) is -0.792. The third-order valence-electron chi connectivity index (χ3n) is 2.91. The van der Waals surface area contributed by atoms with Crippen LogP contribution in [0.1, 0.15) is 15.9 Å². The van der Waals surface area contributed by atoms with Crippen LogP contribution in [-0.4, -0.2) is 22.0 Å². The number of para-hydroxylation sites is 1. The summed E-state index contributed by atoms with van der Waals surface area (Å²) in [4.78, 5) is 32.3. The lowest BCUT2D eigenvalue weighted by molar-refractivity contribution is -0.385. The highest BCUT2D eigenvalue weighted by atomic mass is 35.5. The van der Waals surface area contributed by atoms with Gasteiger partial charge in [0.05, 0.1) is 16.1 Å². The molecule has 0 saturated heterocycles. The second-order valence-electron chi connectivity index (χ2n) is 4.44. The lowest BCUT2D eigenvalue weighted by Gasteiger charge is -2.01. The first-order valence-electron chi connectivity index (χ1n) is 6.41. The molecule has 0 bridgehead atoms. The Labute approximate surface area is 139 Å². The molecule has 0 aromatic heterocycles. The Kier molecular flexibility index (Phi) is 5.17. The van der Waals surface area contributed by atoms with E-state index in [1.807, 2.05) is 0 Å². The SMILES string of the molecule is O=C(NN=Cc1cc([N+](=O)[O-])ccc1Cl)c1ccccc1[N+](=O)[O-]. The van der Waals surface area contributed by atoms with E-state index < -0.39 is 15.8 Å². The van der Waals surface area contributed by atoms with Crippen molar-refractivity contribution in [1.29, 1.82) is 0 Å². The Balaban J connectivity index is 2.18. The summed E-state index contributed by atoms with van der Waals surface area (Å²) in [5.41, 5.74) is 1.62. The summed E-state index contributed by atoms with van der Waals surface area (Å²) in [5, 5.41) is 25.4. The van der Waals surface area contributed by atoms with E-state index in [9.17, 15) is 25.0 Å². The molecule has 0 aliphatic rings. The van der Waals surface area contributed by atoms with Gasteiger partial charge in [0, 0.05) is 28.8 Å². The maximum Gasteiger partial charge on any atom is 0.282 e. The fourth-order valence-corrected chi connectivity index (χ4v) is 1.96. The zero-order valence-electron chi connectivity index (χ0n) is 11.9. The first-order chi connectivity index (χ1) is 11.4. The maximum absolute atomic E-state index is 11.9. The molecule has 24 heavy (non-hydrogen) atoms. The van der Waals surface area contributed by atoms with Crippen molar-refractivity contribution < 1.29 is 14.6 Å². The minimum Gasteiger partial charge on any atom is -0.267 e. The number of nitrogens with zero attached hydrogens (tertiary/aromatic N) is 3.